The van der Waals surface area contributed by atoms with E-state index in [-0.39, 0.29) is 46.2 Å². The van der Waals surface area contributed by atoms with E-state index in [2.05, 4.69) is 29.2 Å². The zero-order valence-corrected chi connectivity index (χ0v) is 19.3. The Morgan fingerprint density at radius 2 is 1.86 bits per heavy atom. The molecule has 28 heavy (non-hydrogen) atoms. The molecule has 0 saturated heterocycles. The van der Waals surface area contributed by atoms with Crippen LogP contribution in [0.1, 0.15) is 13.8 Å². The second-order valence-electron chi connectivity index (χ2n) is 6.17. The first-order chi connectivity index (χ1) is 13.0. The number of carbonyl (C=O) groups excluding carboxylic acids is 1. The maximum atomic E-state index is 10.0. The summed E-state index contributed by atoms with van der Waals surface area (Å²) in [6.07, 6.45) is 3.02. The fourth-order valence-electron chi connectivity index (χ4n) is 3.12. The Bertz CT molecular complexity index is 1330. The first kappa shape index (κ1) is 20.5. The number of nitrogens with zero attached hydrogens (tertiary/aromatic N) is 1. The van der Waals surface area contributed by atoms with Crippen LogP contribution in [-0.4, -0.2) is 30.4 Å². The van der Waals surface area contributed by atoms with Crippen molar-refractivity contribution in [3.63, 3.8) is 0 Å². The summed E-state index contributed by atoms with van der Waals surface area (Å²) in [5.74, 6) is -0.0625. The van der Waals surface area contributed by atoms with E-state index in [9.17, 15) is 4.79 Å². The Balaban J connectivity index is 0.000000246. The van der Waals surface area contributed by atoms with Crippen LogP contribution < -0.4 is 0 Å². The molecular weight excluding hydrogens is 597 g/mol. The molecule has 0 atom stereocenters. The SMILES string of the molecule is CC(=O)/C=C(/C)O.[Ir].[c-]1ccc2oc3cccc4[se]c5cccnc5c1c2c34. The number of benzene rings is 2. The molecule has 0 unspecified atom stereocenters. The third kappa shape index (κ3) is 3.82. The van der Waals surface area contributed by atoms with Gasteiger partial charge >= 0.3 is 120 Å². The monoisotopic (exact) mass is 615 g/mol. The standard InChI is InChI=1S/C17H8NOSe.C5H8O2.Ir/c1-4-10-15-11(5-1)19-12-6-2-7-13(16(12)15)20-14-8-3-9-18-17(10)14;1-4(6)3-5(2)7;/h1-3,5-9H;3,6H,1-2H3;/q-1;;/b;4-3-;. The minimum atomic E-state index is -0.125. The van der Waals surface area contributed by atoms with Crippen molar-refractivity contribution < 1.29 is 34.4 Å². The van der Waals surface area contributed by atoms with Crippen molar-refractivity contribution in [2.24, 2.45) is 0 Å². The van der Waals surface area contributed by atoms with Gasteiger partial charge in [0.25, 0.3) is 0 Å². The molecule has 143 valence electrons. The predicted octanol–water partition coefficient (Wildman–Crippen LogP) is 5.18. The number of hydrogen-bond acceptors (Lipinski definition) is 4. The molecule has 3 heterocycles. The normalized spacial score (nSPS) is 11.4. The van der Waals surface area contributed by atoms with Crippen LogP contribution in [-0.2, 0) is 24.9 Å². The van der Waals surface area contributed by atoms with E-state index in [1.54, 1.807) is 0 Å². The Hall–Kier alpha value is -2.23. The van der Waals surface area contributed by atoms with E-state index in [0.29, 0.717) is 0 Å². The van der Waals surface area contributed by atoms with E-state index in [1.807, 2.05) is 30.5 Å². The van der Waals surface area contributed by atoms with E-state index in [4.69, 9.17) is 9.52 Å². The average Bonchev–Trinajstić information content (AvgIpc) is 2.93. The van der Waals surface area contributed by atoms with Crippen LogP contribution in [0.15, 0.2) is 64.9 Å². The molecular formula is C22H16IrNO3Se-. The van der Waals surface area contributed by atoms with Gasteiger partial charge in [0.2, 0.25) is 0 Å². The Labute approximate surface area is 181 Å². The summed E-state index contributed by atoms with van der Waals surface area (Å²) in [7, 11) is 0. The number of rotatable bonds is 1. The van der Waals surface area contributed by atoms with Crippen LogP contribution in [0.3, 0.4) is 0 Å². The van der Waals surface area contributed by atoms with Gasteiger partial charge in [0.1, 0.15) is 0 Å². The van der Waals surface area contributed by atoms with Crippen LogP contribution >= 0.6 is 0 Å². The summed E-state index contributed by atoms with van der Waals surface area (Å²) in [4.78, 5) is 14.6. The molecule has 3 aromatic heterocycles. The van der Waals surface area contributed by atoms with Gasteiger partial charge in [0.15, 0.2) is 5.78 Å². The van der Waals surface area contributed by atoms with Gasteiger partial charge in [-0.15, -0.1) is 0 Å². The average molecular weight is 614 g/mol. The van der Waals surface area contributed by atoms with E-state index in [1.165, 1.54) is 33.8 Å². The van der Waals surface area contributed by atoms with Gasteiger partial charge < -0.3 is 5.11 Å². The molecule has 0 aliphatic heterocycles. The molecule has 1 N–H and O–H groups in total. The molecule has 0 spiro atoms. The molecule has 4 nitrogen and oxygen atoms in total. The van der Waals surface area contributed by atoms with Crippen molar-refractivity contribution >= 4 is 61.6 Å². The van der Waals surface area contributed by atoms with Crippen molar-refractivity contribution in [1.82, 2.24) is 4.98 Å². The third-order valence-electron chi connectivity index (χ3n) is 4.06. The Kier molecular flexibility index (Phi) is 6.16. The topological polar surface area (TPSA) is 63.3 Å². The first-order valence-corrected chi connectivity index (χ1v) is 10.1. The molecule has 0 aliphatic rings. The summed E-state index contributed by atoms with van der Waals surface area (Å²) < 4.78 is 8.66. The molecule has 0 saturated carbocycles. The number of furan rings is 1. The van der Waals surface area contributed by atoms with Crippen molar-refractivity contribution in [1.29, 1.82) is 0 Å². The minimum absolute atomic E-state index is 0. The summed E-state index contributed by atoms with van der Waals surface area (Å²) in [6.45, 7) is 2.85. The number of fused-ring (bicyclic) bond motifs is 2. The summed E-state index contributed by atoms with van der Waals surface area (Å²) >= 11 is 0.243. The van der Waals surface area contributed by atoms with Crippen molar-refractivity contribution in [2.75, 3.05) is 0 Å². The first-order valence-electron chi connectivity index (χ1n) is 8.41. The number of pyridine rings is 1. The van der Waals surface area contributed by atoms with Gasteiger partial charge in [-0.2, -0.15) is 0 Å². The molecule has 5 rings (SSSR count). The fraction of sp³-hybridized carbons (Fsp3) is 0.0909. The van der Waals surface area contributed by atoms with Crippen molar-refractivity contribution in [3.05, 3.63) is 66.6 Å². The second-order valence-corrected chi connectivity index (χ2v) is 8.45. The molecule has 0 bridgehead atoms. The quantitative estimate of drug-likeness (QED) is 0.123. The van der Waals surface area contributed by atoms with E-state index >= 15 is 0 Å². The number of aliphatic hydroxyl groups excluding tert-OH is 1. The van der Waals surface area contributed by atoms with Crippen LogP contribution in [0.5, 0.6) is 0 Å². The number of aromatic nitrogens is 1. The van der Waals surface area contributed by atoms with Gasteiger partial charge in [-0.3, -0.25) is 4.79 Å². The van der Waals surface area contributed by atoms with Crippen LogP contribution in [0.2, 0.25) is 0 Å². The summed E-state index contributed by atoms with van der Waals surface area (Å²) in [6, 6.07) is 17.8. The van der Waals surface area contributed by atoms with Gasteiger partial charge in [0, 0.05) is 26.2 Å². The van der Waals surface area contributed by atoms with Gasteiger partial charge in [-0.1, -0.05) is 0 Å². The zero-order valence-electron chi connectivity index (χ0n) is 15.1. The summed E-state index contributed by atoms with van der Waals surface area (Å²) in [5.41, 5.74) is 2.94. The number of aliphatic hydroxyl groups is 1. The van der Waals surface area contributed by atoms with Crippen LogP contribution in [0, 0.1) is 6.07 Å². The number of allylic oxidation sites excluding steroid dienone is 2. The number of hydrogen-bond donors (Lipinski definition) is 1. The van der Waals surface area contributed by atoms with Gasteiger partial charge in [-0.05, 0) is 13.8 Å². The number of ketones is 1. The Morgan fingerprint density at radius 3 is 2.57 bits per heavy atom. The predicted molar refractivity (Wildman–Crippen MR) is 109 cm³/mol. The molecule has 0 amide bonds. The zero-order chi connectivity index (χ0) is 19.0. The molecule has 0 fully saturated rings. The molecule has 1 radical (unpaired) electrons. The van der Waals surface area contributed by atoms with Gasteiger partial charge in [0.05, 0.1) is 5.76 Å². The summed E-state index contributed by atoms with van der Waals surface area (Å²) in [5, 5.41) is 11.8. The number of carbonyl (C=O) groups is 1. The van der Waals surface area contributed by atoms with Crippen LogP contribution in [0.25, 0.3) is 41.4 Å². The van der Waals surface area contributed by atoms with Crippen molar-refractivity contribution in [2.45, 2.75) is 13.8 Å². The van der Waals surface area contributed by atoms with Gasteiger partial charge in [-0.25, -0.2) is 0 Å². The second kappa shape index (κ2) is 8.42. The van der Waals surface area contributed by atoms with E-state index < -0.39 is 0 Å². The molecule has 0 aliphatic carbocycles. The maximum absolute atomic E-state index is 10.0. The van der Waals surface area contributed by atoms with Crippen molar-refractivity contribution in [3.8, 4) is 0 Å². The molecule has 5 aromatic rings. The Morgan fingerprint density at radius 1 is 1.11 bits per heavy atom. The van der Waals surface area contributed by atoms with Crippen LogP contribution in [0.4, 0.5) is 0 Å². The molecule has 2 aromatic carbocycles. The third-order valence-corrected chi connectivity index (χ3v) is 6.38. The van der Waals surface area contributed by atoms with E-state index in [0.717, 1.165) is 27.5 Å². The molecule has 6 heteroatoms. The fourth-order valence-corrected chi connectivity index (χ4v) is 5.40.